The highest BCUT2D eigenvalue weighted by Gasteiger charge is 2.21. The maximum absolute atomic E-state index is 10.3. The van der Waals surface area contributed by atoms with E-state index in [1.54, 1.807) is 12.4 Å². The van der Waals surface area contributed by atoms with E-state index in [0.717, 1.165) is 39.0 Å². The standard InChI is InChI=1S/C37H25N3/c1-25-10-5-6-13-29(25)31-15-9-16-32-30-14-7-8-17-35(30)40(37(31)32)36-23-33(27-18-20-39-21-19-27)28(24-38)22-34(36)26-11-3-2-4-12-26/h2-23H,1H3. The zero-order chi connectivity index (χ0) is 27.1. The molecule has 0 unspecified atom stereocenters. The number of aromatic nitrogens is 2. The number of hydrogen-bond donors (Lipinski definition) is 0. The second-order valence-electron chi connectivity index (χ2n) is 10.00. The molecule has 3 nitrogen and oxygen atoms in total. The molecular weight excluding hydrogens is 486 g/mol. The number of hydrogen-bond acceptors (Lipinski definition) is 2. The van der Waals surface area contributed by atoms with Gasteiger partial charge in [0.25, 0.3) is 0 Å². The van der Waals surface area contributed by atoms with Gasteiger partial charge in [0.2, 0.25) is 0 Å². The molecule has 0 saturated heterocycles. The molecule has 2 aromatic heterocycles. The Morgan fingerprint density at radius 3 is 2.08 bits per heavy atom. The van der Waals surface area contributed by atoms with Crippen molar-refractivity contribution in [1.29, 1.82) is 5.26 Å². The third-order valence-corrected chi connectivity index (χ3v) is 7.70. The second-order valence-corrected chi connectivity index (χ2v) is 10.00. The quantitative estimate of drug-likeness (QED) is 0.236. The summed E-state index contributed by atoms with van der Waals surface area (Å²) < 4.78 is 2.39. The van der Waals surface area contributed by atoms with Crippen molar-refractivity contribution in [3.8, 4) is 45.1 Å². The van der Waals surface area contributed by atoms with Gasteiger partial charge in [0, 0.05) is 39.9 Å². The minimum Gasteiger partial charge on any atom is -0.308 e. The number of nitriles is 1. The van der Waals surface area contributed by atoms with Crippen LogP contribution in [0.5, 0.6) is 0 Å². The topological polar surface area (TPSA) is 41.6 Å². The Morgan fingerprint density at radius 1 is 0.600 bits per heavy atom. The molecule has 7 aromatic rings. The average Bonchev–Trinajstić information content (AvgIpc) is 3.36. The van der Waals surface area contributed by atoms with Crippen molar-refractivity contribution in [3.63, 3.8) is 0 Å². The molecule has 0 N–H and O–H groups in total. The Balaban J connectivity index is 1.68. The van der Waals surface area contributed by atoms with Crippen LogP contribution in [0.4, 0.5) is 0 Å². The van der Waals surface area contributed by atoms with Crippen LogP contribution in [0.1, 0.15) is 11.1 Å². The second kappa shape index (κ2) is 9.69. The number of pyridine rings is 1. The predicted octanol–water partition coefficient (Wildman–Crippen LogP) is 9.36. The molecule has 0 aliphatic heterocycles. The Bertz CT molecular complexity index is 2060. The largest absolute Gasteiger partial charge is 0.308 e. The van der Waals surface area contributed by atoms with Crippen LogP contribution in [0.3, 0.4) is 0 Å². The fraction of sp³-hybridized carbons (Fsp3) is 0.0270. The Labute approximate surface area is 233 Å². The first-order chi connectivity index (χ1) is 19.7. The molecule has 0 aliphatic carbocycles. The lowest BCUT2D eigenvalue weighted by molar-refractivity contribution is 1.18. The van der Waals surface area contributed by atoms with Crippen molar-refractivity contribution in [2.24, 2.45) is 0 Å². The van der Waals surface area contributed by atoms with E-state index in [-0.39, 0.29) is 0 Å². The van der Waals surface area contributed by atoms with Gasteiger partial charge in [-0.3, -0.25) is 4.98 Å². The van der Waals surface area contributed by atoms with Crippen molar-refractivity contribution in [2.45, 2.75) is 6.92 Å². The van der Waals surface area contributed by atoms with E-state index >= 15 is 0 Å². The fourth-order valence-electron chi connectivity index (χ4n) is 5.85. The summed E-state index contributed by atoms with van der Waals surface area (Å²) in [7, 11) is 0. The van der Waals surface area contributed by atoms with E-state index in [0.29, 0.717) is 5.56 Å². The van der Waals surface area contributed by atoms with Crippen LogP contribution in [0.15, 0.2) is 134 Å². The molecule has 0 fully saturated rings. The lowest BCUT2D eigenvalue weighted by atomic mass is 9.93. The number of benzene rings is 5. The molecular formula is C37H25N3. The van der Waals surface area contributed by atoms with Crippen molar-refractivity contribution in [2.75, 3.05) is 0 Å². The summed E-state index contributed by atoms with van der Waals surface area (Å²) in [5.41, 5.74) is 11.5. The van der Waals surface area contributed by atoms with Crippen LogP contribution in [-0.4, -0.2) is 9.55 Å². The maximum atomic E-state index is 10.3. The van der Waals surface area contributed by atoms with E-state index in [4.69, 9.17) is 0 Å². The van der Waals surface area contributed by atoms with Crippen molar-refractivity contribution < 1.29 is 0 Å². The van der Waals surface area contributed by atoms with Gasteiger partial charge in [-0.15, -0.1) is 0 Å². The van der Waals surface area contributed by atoms with Crippen molar-refractivity contribution in [1.82, 2.24) is 9.55 Å². The van der Waals surface area contributed by atoms with Gasteiger partial charge in [-0.2, -0.15) is 5.26 Å². The van der Waals surface area contributed by atoms with Gasteiger partial charge in [0.05, 0.1) is 28.4 Å². The molecule has 7 rings (SSSR count). The molecule has 0 spiro atoms. The zero-order valence-electron chi connectivity index (χ0n) is 22.0. The number of para-hydroxylation sites is 2. The molecule has 3 heteroatoms. The number of aryl methyl sites for hydroxylation is 1. The van der Waals surface area contributed by atoms with Crippen LogP contribution in [-0.2, 0) is 0 Å². The Hall–Kier alpha value is -5.46. The average molecular weight is 512 g/mol. The monoisotopic (exact) mass is 511 g/mol. The van der Waals surface area contributed by atoms with Crippen molar-refractivity contribution >= 4 is 21.8 Å². The van der Waals surface area contributed by atoms with E-state index in [9.17, 15) is 5.26 Å². The first-order valence-electron chi connectivity index (χ1n) is 13.4. The molecule has 40 heavy (non-hydrogen) atoms. The minimum atomic E-state index is 0.633. The fourth-order valence-corrected chi connectivity index (χ4v) is 5.85. The maximum Gasteiger partial charge on any atom is 0.0998 e. The smallest absolute Gasteiger partial charge is 0.0998 e. The molecule has 188 valence electrons. The number of fused-ring (bicyclic) bond motifs is 3. The van der Waals surface area contributed by atoms with Gasteiger partial charge in [0.1, 0.15) is 0 Å². The third kappa shape index (κ3) is 3.78. The van der Waals surface area contributed by atoms with Gasteiger partial charge in [-0.1, -0.05) is 91.0 Å². The first kappa shape index (κ1) is 23.6. The molecule has 5 aromatic carbocycles. The van der Waals surface area contributed by atoms with E-state index in [1.807, 2.05) is 36.4 Å². The molecule has 0 amide bonds. The highest BCUT2D eigenvalue weighted by atomic mass is 15.0. The van der Waals surface area contributed by atoms with Gasteiger partial charge in [-0.05, 0) is 59.5 Å². The van der Waals surface area contributed by atoms with Crippen molar-refractivity contribution in [3.05, 3.63) is 145 Å². The Kier molecular flexibility index (Phi) is 5.73. The summed E-state index contributed by atoms with van der Waals surface area (Å²) in [6.45, 7) is 2.17. The molecule has 0 atom stereocenters. The summed E-state index contributed by atoms with van der Waals surface area (Å²) >= 11 is 0. The first-order valence-corrected chi connectivity index (χ1v) is 13.4. The van der Waals surface area contributed by atoms with Crippen LogP contribution < -0.4 is 0 Å². The van der Waals surface area contributed by atoms with Gasteiger partial charge in [0.15, 0.2) is 0 Å². The number of rotatable bonds is 4. The molecule has 2 heterocycles. The molecule has 0 saturated carbocycles. The third-order valence-electron chi connectivity index (χ3n) is 7.70. The lowest BCUT2D eigenvalue weighted by Crippen LogP contribution is -2.01. The Morgan fingerprint density at radius 2 is 1.27 bits per heavy atom. The van der Waals surface area contributed by atoms with Crippen LogP contribution in [0.2, 0.25) is 0 Å². The van der Waals surface area contributed by atoms with E-state index in [1.165, 1.54) is 27.5 Å². The van der Waals surface area contributed by atoms with Crippen LogP contribution >= 0.6 is 0 Å². The highest BCUT2D eigenvalue weighted by Crippen LogP contribution is 2.42. The molecule has 0 radical (unpaired) electrons. The van der Waals surface area contributed by atoms with Crippen LogP contribution in [0, 0.1) is 18.3 Å². The van der Waals surface area contributed by atoms with Crippen LogP contribution in [0.25, 0.3) is 60.9 Å². The summed E-state index contributed by atoms with van der Waals surface area (Å²) in [5, 5.41) is 12.7. The molecule has 0 aliphatic rings. The van der Waals surface area contributed by atoms with E-state index in [2.05, 4.69) is 107 Å². The molecule has 0 bridgehead atoms. The highest BCUT2D eigenvalue weighted by molar-refractivity contribution is 6.14. The number of nitrogens with zero attached hydrogens (tertiary/aromatic N) is 3. The summed E-state index contributed by atoms with van der Waals surface area (Å²) in [4.78, 5) is 4.21. The normalized spacial score (nSPS) is 11.1. The van der Waals surface area contributed by atoms with E-state index < -0.39 is 0 Å². The SMILES string of the molecule is Cc1ccccc1-c1cccc2c3ccccc3n(-c3cc(-c4ccncc4)c(C#N)cc3-c3ccccc3)c12. The summed E-state index contributed by atoms with van der Waals surface area (Å²) in [5.74, 6) is 0. The zero-order valence-corrected chi connectivity index (χ0v) is 22.0. The van der Waals surface area contributed by atoms with Gasteiger partial charge >= 0.3 is 0 Å². The van der Waals surface area contributed by atoms with Gasteiger partial charge in [-0.25, -0.2) is 0 Å². The summed E-state index contributed by atoms with van der Waals surface area (Å²) in [6.07, 6.45) is 3.55. The minimum absolute atomic E-state index is 0.633. The lowest BCUT2D eigenvalue weighted by Gasteiger charge is -2.19. The predicted molar refractivity (Wildman–Crippen MR) is 164 cm³/mol. The summed E-state index contributed by atoms with van der Waals surface area (Å²) in [6, 6.07) is 44.7. The van der Waals surface area contributed by atoms with Gasteiger partial charge < -0.3 is 4.57 Å².